The third kappa shape index (κ3) is 8.46. The van der Waals surface area contributed by atoms with Gasteiger partial charge in [-0.1, -0.05) is 189 Å². The summed E-state index contributed by atoms with van der Waals surface area (Å²) in [5, 5.41) is 5.16. The van der Waals surface area contributed by atoms with Gasteiger partial charge >= 0.3 is 0 Å². The maximum atomic E-state index is 2.54. The van der Waals surface area contributed by atoms with Crippen LogP contribution in [-0.2, 0) is 5.41 Å². The van der Waals surface area contributed by atoms with E-state index in [4.69, 9.17) is 0 Å². The first-order valence-corrected chi connectivity index (χ1v) is 27.8. The molecule has 73 heavy (non-hydrogen) atoms. The first-order chi connectivity index (χ1) is 35.7. The molecule has 0 bridgehead atoms. The van der Waals surface area contributed by atoms with Gasteiger partial charge < -0.3 is 9.47 Å². The molecule has 2 heterocycles. The summed E-state index contributed by atoms with van der Waals surface area (Å²) in [6.07, 6.45) is 9.05. The highest BCUT2D eigenvalue weighted by Crippen LogP contribution is 2.53. The Morgan fingerprint density at radius 1 is 0.438 bits per heavy atom. The molecule has 9 aromatic carbocycles. The van der Waals surface area contributed by atoms with Gasteiger partial charge in [-0.2, -0.15) is 0 Å². The molecule has 11 aromatic rings. The van der Waals surface area contributed by atoms with Crippen LogP contribution in [0.2, 0.25) is 0 Å². The van der Waals surface area contributed by atoms with Crippen molar-refractivity contribution in [2.75, 3.05) is 4.90 Å². The molecule has 1 atom stereocenters. The average molecular weight is 967 g/mol. The second-order valence-electron chi connectivity index (χ2n) is 21.6. The molecule has 12 rings (SSSR count). The summed E-state index contributed by atoms with van der Waals surface area (Å²) >= 11 is 1.87. The van der Waals surface area contributed by atoms with E-state index in [2.05, 4.69) is 245 Å². The number of benzene rings is 9. The van der Waals surface area contributed by atoms with Crippen molar-refractivity contribution >= 4 is 70.4 Å². The van der Waals surface area contributed by atoms with Gasteiger partial charge in [-0.25, -0.2) is 0 Å². The molecule has 0 spiro atoms. The van der Waals surface area contributed by atoms with Gasteiger partial charge in [0, 0.05) is 59.1 Å². The van der Waals surface area contributed by atoms with Crippen molar-refractivity contribution in [3.63, 3.8) is 0 Å². The first kappa shape index (κ1) is 46.8. The fraction of sp³-hybridized carbons (Fsp3) is 0.229. The Labute approximate surface area is 436 Å². The van der Waals surface area contributed by atoms with E-state index in [9.17, 15) is 0 Å². The van der Waals surface area contributed by atoms with Gasteiger partial charge in [0.15, 0.2) is 0 Å². The molecule has 362 valence electrons. The molecule has 0 N–H and O–H groups in total. The standard InChI is InChI=1S/C70H66N2S/c1-7-8-9-10-11-16-41-70(6)64-43-51(47(4)5)27-37-58(64)59-38-28-53(44-65(59)70)50-25-34-56(35-26-50)71(54-30-21-48(22-31-54)46(2)3)55-32-23-49(24-33-55)52-29-39-67-62(42-52)60-17-12-14-19-66(60)72(67)57-36-40-69-63(45-57)61-18-13-15-20-68(61)73-69/h12-15,17-40,42-47H,7-11,16,41H2,1-6H3. The van der Waals surface area contributed by atoms with E-state index < -0.39 is 0 Å². The number of rotatable bonds is 15. The smallest absolute Gasteiger partial charge is 0.0541 e. The van der Waals surface area contributed by atoms with E-state index in [1.54, 1.807) is 0 Å². The van der Waals surface area contributed by atoms with Crippen molar-refractivity contribution in [2.45, 2.75) is 104 Å². The SMILES string of the molecule is CCCCCCCCC1(C)c2cc(-c3ccc(N(c4ccc(-c5ccc6c(c5)c5ccccc5n6-c5ccc6sc7ccccc7c6c5)cc4)c4ccc(C(C)C)cc4)cc3)ccc2-c2ccc(C(C)C)cc21. The van der Waals surface area contributed by atoms with E-state index in [1.165, 1.54) is 148 Å². The Kier molecular flexibility index (Phi) is 12.4. The molecular weight excluding hydrogens is 901 g/mol. The molecule has 0 radical (unpaired) electrons. The lowest BCUT2D eigenvalue weighted by atomic mass is 9.75. The normalized spacial score (nSPS) is 14.3. The minimum atomic E-state index is -0.0123. The number of hydrogen-bond donors (Lipinski definition) is 0. The number of aromatic nitrogens is 1. The predicted octanol–water partition coefficient (Wildman–Crippen LogP) is 21.2. The van der Waals surface area contributed by atoms with Crippen molar-refractivity contribution in [1.29, 1.82) is 0 Å². The highest BCUT2D eigenvalue weighted by atomic mass is 32.1. The molecule has 2 aromatic heterocycles. The summed E-state index contributed by atoms with van der Waals surface area (Å²) in [5.74, 6) is 0.964. The summed E-state index contributed by atoms with van der Waals surface area (Å²) in [5.41, 5.74) is 20.6. The molecule has 1 aliphatic rings. The van der Waals surface area contributed by atoms with Crippen LogP contribution < -0.4 is 4.90 Å². The zero-order chi connectivity index (χ0) is 49.8. The Balaban J connectivity index is 0.870. The molecular formula is C70H66N2S. The molecule has 1 unspecified atom stereocenters. The van der Waals surface area contributed by atoms with Gasteiger partial charge in [-0.3, -0.25) is 0 Å². The minimum Gasteiger partial charge on any atom is -0.311 e. The largest absolute Gasteiger partial charge is 0.311 e. The lowest BCUT2D eigenvalue weighted by Gasteiger charge is -2.29. The summed E-state index contributed by atoms with van der Waals surface area (Å²) in [4.78, 5) is 2.41. The lowest BCUT2D eigenvalue weighted by Crippen LogP contribution is -2.21. The molecule has 0 saturated heterocycles. The van der Waals surface area contributed by atoms with Gasteiger partial charge in [0.05, 0.1) is 11.0 Å². The number of nitrogens with zero attached hydrogens (tertiary/aromatic N) is 2. The number of hydrogen-bond acceptors (Lipinski definition) is 2. The van der Waals surface area contributed by atoms with Crippen LogP contribution in [0.3, 0.4) is 0 Å². The van der Waals surface area contributed by atoms with E-state index in [1.807, 2.05) is 11.3 Å². The number of para-hydroxylation sites is 1. The van der Waals surface area contributed by atoms with Crippen LogP contribution in [0.4, 0.5) is 17.1 Å². The topological polar surface area (TPSA) is 8.17 Å². The fourth-order valence-corrected chi connectivity index (χ4v) is 13.1. The second kappa shape index (κ2) is 19.3. The Hall–Kier alpha value is -7.20. The number of thiophene rings is 1. The highest BCUT2D eigenvalue weighted by Gasteiger charge is 2.39. The van der Waals surface area contributed by atoms with Gasteiger partial charge in [0.1, 0.15) is 0 Å². The van der Waals surface area contributed by atoms with E-state index >= 15 is 0 Å². The van der Waals surface area contributed by atoms with Gasteiger partial charge in [-0.05, 0) is 159 Å². The monoisotopic (exact) mass is 966 g/mol. The summed E-state index contributed by atoms with van der Waals surface area (Å²) in [6.45, 7) is 14.0. The predicted molar refractivity (Wildman–Crippen MR) is 317 cm³/mol. The summed E-state index contributed by atoms with van der Waals surface area (Å²) in [6, 6.07) is 73.8. The lowest BCUT2D eigenvalue weighted by molar-refractivity contribution is 0.480. The second-order valence-corrected chi connectivity index (χ2v) is 22.7. The van der Waals surface area contributed by atoms with Crippen LogP contribution in [0.1, 0.15) is 121 Å². The average Bonchev–Trinajstić information content (AvgIpc) is 4.05. The molecule has 0 fully saturated rings. The van der Waals surface area contributed by atoms with Crippen LogP contribution >= 0.6 is 11.3 Å². The number of unbranched alkanes of at least 4 members (excludes halogenated alkanes) is 5. The van der Waals surface area contributed by atoms with E-state index in [0.717, 1.165) is 17.1 Å². The summed E-state index contributed by atoms with van der Waals surface area (Å²) in [7, 11) is 0. The van der Waals surface area contributed by atoms with Crippen molar-refractivity contribution in [2.24, 2.45) is 0 Å². The zero-order valence-corrected chi connectivity index (χ0v) is 44.2. The van der Waals surface area contributed by atoms with Crippen LogP contribution in [0.25, 0.3) is 81.0 Å². The molecule has 0 aliphatic heterocycles. The van der Waals surface area contributed by atoms with Crippen LogP contribution in [0, 0.1) is 0 Å². The Morgan fingerprint density at radius 3 is 1.67 bits per heavy atom. The Morgan fingerprint density at radius 2 is 0.973 bits per heavy atom. The molecule has 2 nitrogen and oxygen atoms in total. The Bertz CT molecular complexity index is 3790. The van der Waals surface area contributed by atoms with Crippen LogP contribution in [-0.4, -0.2) is 4.57 Å². The van der Waals surface area contributed by atoms with Gasteiger partial charge in [-0.15, -0.1) is 11.3 Å². The van der Waals surface area contributed by atoms with E-state index in [0.29, 0.717) is 11.8 Å². The molecule has 0 amide bonds. The molecule has 0 saturated carbocycles. The zero-order valence-electron chi connectivity index (χ0n) is 43.4. The fourth-order valence-electron chi connectivity index (χ4n) is 12.0. The third-order valence-electron chi connectivity index (χ3n) is 16.3. The van der Waals surface area contributed by atoms with Crippen LogP contribution in [0.5, 0.6) is 0 Å². The minimum absolute atomic E-state index is 0.0123. The van der Waals surface area contributed by atoms with Crippen molar-refractivity contribution in [3.8, 4) is 39.1 Å². The van der Waals surface area contributed by atoms with Crippen LogP contribution in [0.15, 0.2) is 194 Å². The van der Waals surface area contributed by atoms with E-state index in [-0.39, 0.29) is 5.41 Å². The number of fused-ring (bicyclic) bond motifs is 9. The summed E-state index contributed by atoms with van der Waals surface area (Å²) < 4.78 is 5.09. The van der Waals surface area contributed by atoms with Crippen molar-refractivity contribution < 1.29 is 0 Å². The first-order valence-electron chi connectivity index (χ1n) is 27.0. The number of anilines is 3. The van der Waals surface area contributed by atoms with Gasteiger partial charge in [0.25, 0.3) is 0 Å². The highest BCUT2D eigenvalue weighted by molar-refractivity contribution is 7.25. The van der Waals surface area contributed by atoms with Crippen molar-refractivity contribution in [1.82, 2.24) is 4.57 Å². The maximum Gasteiger partial charge on any atom is 0.0541 e. The van der Waals surface area contributed by atoms with Gasteiger partial charge in [0.2, 0.25) is 0 Å². The van der Waals surface area contributed by atoms with Crippen molar-refractivity contribution in [3.05, 3.63) is 216 Å². The maximum absolute atomic E-state index is 2.54. The molecule has 3 heteroatoms. The third-order valence-corrected chi connectivity index (χ3v) is 17.4. The molecule has 1 aliphatic carbocycles. The quantitative estimate of drug-likeness (QED) is 0.0930.